The van der Waals surface area contributed by atoms with Gasteiger partial charge in [-0.05, 0) is 56.4 Å². The zero-order valence-electron chi connectivity index (χ0n) is 13.9. The quantitative estimate of drug-likeness (QED) is 0.737. The minimum Gasteiger partial charge on any atom is -0.444 e. The fourth-order valence-electron chi connectivity index (χ4n) is 3.42. The molecule has 1 amide bonds. The Morgan fingerprint density at radius 2 is 2.14 bits per heavy atom. The van der Waals surface area contributed by atoms with Crippen molar-refractivity contribution in [2.75, 3.05) is 19.7 Å². The maximum Gasteiger partial charge on any atom is 0.410 e. The molecule has 4 nitrogen and oxygen atoms in total. The second-order valence-corrected chi connectivity index (χ2v) is 7.32. The molecule has 0 bridgehead atoms. The number of ether oxygens (including phenoxy) is 2. The van der Waals surface area contributed by atoms with Gasteiger partial charge in [-0.25, -0.2) is 4.79 Å². The predicted molar refractivity (Wildman–Crippen MR) is 85.1 cm³/mol. The molecular formula is C18H25NO3. The summed E-state index contributed by atoms with van der Waals surface area (Å²) in [5, 5.41) is 0. The van der Waals surface area contributed by atoms with Gasteiger partial charge in [0.05, 0.1) is 13.2 Å². The van der Waals surface area contributed by atoms with E-state index in [1.807, 2.05) is 25.7 Å². The molecule has 0 aromatic heterocycles. The largest absolute Gasteiger partial charge is 0.444 e. The first-order valence-electron chi connectivity index (χ1n) is 8.02. The highest BCUT2D eigenvalue weighted by molar-refractivity contribution is 5.68. The summed E-state index contributed by atoms with van der Waals surface area (Å²) in [7, 11) is 0. The fraction of sp³-hybridized carbons (Fsp3) is 0.611. The number of amides is 1. The lowest BCUT2D eigenvalue weighted by molar-refractivity contribution is 0.0201. The van der Waals surface area contributed by atoms with Gasteiger partial charge in [0.2, 0.25) is 0 Å². The summed E-state index contributed by atoms with van der Waals surface area (Å²) in [6.07, 6.45) is 0.676. The summed E-state index contributed by atoms with van der Waals surface area (Å²) in [5.74, 6) is 0.258. The monoisotopic (exact) mass is 303 g/mol. The van der Waals surface area contributed by atoms with Crippen LogP contribution in [0.2, 0.25) is 0 Å². The van der Waals surface area contributed by atoms with Gasteiger partial charge in [0.15, 0.2) is 0 Å². The molecule has 1 unspecified atom stereocenters. The summed E-state index contributed by atoms with van der Waals surface area (Å²) in [6, 6.07) is 4.34. The van der Waals surface area contributed by atoms with Crippen LogP contribution < -0.4 is 0 Å². The van der Waals surface area contributed by atoms with Crippen molar-refractivity contribution in [2.24, 2.45) is 0 Å². The van der Waals surface area contributed by atoms with Crippen molar-refractivity contribution in [3.63, 3.8) is 0 Å². The summed E-state index contributed by atoms with van der Waals surface area (Å²) in [5.41, 5.74) is 4.95. The highest BCUT2D eigenvalue weighted by Crippen LogP contribution is 2.35. The standard InChI is InChI=1S/C18H25NO3/c1-12-5-6-13-10-21-11-14-9-19(8-7-15(12)16(13)14)17(20)22-18(2,3)4/h5-6,14H,7-11H2,1-4H3. The van der Waals surface area contributed by atoms with E-state index in [0.29, 0.717) is 26.3 Å². The molecule has 0 N–H and O–H groups in total. The van der Waals surface area contributed by atoms with Crippen molar-refractivity contribution < 1.29 is 14.3 Å². The summed E-state index contributed by atoms with van der Waals surface area (Å²) < 4.78 is 11.3. The molecule has 3 rings (SSSR count). The summed E-state index contributed by atoms with van der Waals surface area (Å²) >= 11 is 0. The van der Waals surface area contributed by atoms with Crippen molar-refractivity contribution in [2.45, 2.75) is 52.2 Å². The first-order valence-corrected chi connectivity index (χ1v) is 8.02. The van der Waals surface area contributed by atoms with Crippen LogP contribution in [0, 0.1) is 6.92 Å². The maximum absolute atomic E-state index is 12.4. The first-order chi connectivity index (χ1) is 10.3. The molecule has 0 spiro atoms. The van der Waals surface area contributed by atoms with Crippen LogP contribution in [0.4, 0.5) is 4.79 Å². The number of nitrogens with zero attached hydrogens (tertiary/aromatic N) is 1. The molecular weight excluding hydrogens is 278 g/mol. The normalized spacial score (nSPS) is 21.1. The van der Waals surface area contributed by atoms with Crippen LogP contribution in [-0.4, -0.2) is 36.3 Å². The van der Waals surface area contributed by atoms with Gasteiger partial charge in [-0.1, -0.05) is 12.1 Å². The number of hydrogen-bond acceptors (Lipinski definition) is 3. The Bertz CT molecular complexity index is 589. The van der Waals surface area contributed by atoms with Crippen LogP contribution in [0.25, 0.3) is 0 Å². The molecule has 2 aliphatic heterocycles. The molecule has 1 aromatic rings. The molecule has 0 fully saturated rings. The molecule has 4 heteroatoms. The fourth-order valence-corrected chi connectivity index (χ4v) is 3.42. The zero-order chi connectivity index (χ0) is 15.9. The smallest absolute Gasteiger partial charge is 0.410 e. The molecule has 0 saturated heterocycles. The van der Waals surface area contributed by atoms with Gasteiger partial charge in [0.1, 0.15) is 5.60 Å². The Morgan fingerprint density at radius 1 is 1.36 bits per heavy atom. The third kappa shape index (κ3) is 2.98. The Morgan fingerprint density at radius 3 is 2.86 bits per heavy atom. The average Bonchev–Trinajstić information content (AvgIpc) is 2.62. The van der Waals surface area contributed by atoms with E-state index in [2.05, 4.69) is 19.1 Å². The van der Waals surface area contributed by atoms with Gasteiger partial charge < -0.3 is 14.4 Å². The lowest BCUT2D eigenvalue weighted by Crippen LogP contribution is -2.40. The zero-order valence-corrected chi connectivity index (χ0v) is 13.9. The number of hydrogen-bond donors (Lipinski definition) is 0. The van der Waals surface area contributed by atoms with Crippen LogP contribution >= 0.6 is 0 Å². The summed E-state index contributed by atoms with van der Waals surface area (Å²) in [4.78, 5) is 14.3. The van der Waals surface area contributed by atoms with E-state index < -0.39 is 5.60 Å². The highest BCUT2D eigenvalue weighted by Gasteiger charge is 2.32. The topological polar surface area (TPSA) is 38.8 Å². The van der Waals surface area contributed by atoms with Crippen molar-refractivity contribution in [1.29, 1.82) is 0 Å². The van der Waals surface area contributed by atoms with Gasteiger partial charge in [-0.15, -0.1) is 0 Å². The minimum absolute atomic E-state index is 0.218. The molecule has 22 heavy (non-hydrogen) atoms. The van der Waals surface area contributed by atoms with Crippen LogP contribution in [0.1, 0.15) is 48.9 Å². The van der Waals surface area contributed by atoms with Crippen molar-refractivity contribution in [3.8, 4) is 0 Å². The molecule has 0 saturated carbocycles. The highest BCUT2D eigenvalue weighted by atomic mass is 16.6. The Hall–Kier alpha value is -1.55. The second-order valence-electron chi connectivity index (χ2n) is 7.32. The third-order valence-corrected chi connectivity index (χ3v) is 4.39. The number of benzene rings is 1. The number of aryl methyl sites for hydroxylation is 1. The number of rotatable bonds is 0. The van der Waals surface area contributed by atoms with Gasteiger partial charge in [-0.3, -0.25) is 0 Å². The lowest BCUT2D eigenvalue weighted by Gasteiger charge is -2.31. The Balaban J connectivity index is 1.88. The van der Waals surface area contributed by atoms with Gasteiger partial charge in [0, 0.05) is 19.0 Å². The molecule has 2 heterocycles. The van der Waals surface area contributed by atoms with E-state index in [-0.39, 0.29) is 12.0 Å². The van der Waals surface area contributed by atoms with E-state index in [9.17, 15) is 4.79 Å². The molecule has 2 aliphatic rings. The average molecular weight is 303 g/mol. The van der Waals surface area contributed by atoms with Crippen LogP contribution in [-0.2, 0) is 22.5 Å². The van der Waals surface area contributed by atoms with Crippen molar-refractivity contribution in [3.05, 3.63) is 34.4 Å². The Kier molecular flexibility index (Phi) is 3.89. The van der Waals surface area contributed by atoms with Gasteiger partial charge in [0.25, 0.3) is 0 Å². The first kappa shape index (κ1) is 15.3. The Labute approximate surface area is 132 Å². The molecule has 120 valence electrons. The van der Waals surface area contributed by atoms with E-state index in [4.69, 9.17) is 9.47 Å². The number of carbonyl (C=O) groups is 1. The van der Waals surface area contributed by atoms with Gasteiger partial charge >= 0.3 is 6.09 Å². The molecule has 0 radical (unpaired) electrons. The summed E-state index contributed by atoms with van der Waals surface area (Å²) in [6.45, 7) is 10.6. The maximum atomic E-state index is 12.4. The van der Waals surface area contributed by atoms with Crippen LogP contribution in [0.5, 0.6) is 0 Å². The third-order valence-electron chi connectivity index (χ3n) is 4.39. The molecule has 1 atom stereocenters. The predicted octanol–water partition coefficient (Wildman–Crippen LogP) is 3.40. The molecule has 0 aliphatic carbocycles. The SMILES string of the molecule is Cc1ccc2c3c1CCN(C(=O)OC(C)(C)C)CC3COC2. The van der Waals surface area contributed by atoms with Crippen molar-refractivity contribution in [1.82, 2.24) is 4.90 Å². The second kappa shape index (κ2) is 5.58. The number of carbonyl (C=O) groups excluding carboxylic acids is 1. The van der Waals surface area contributed by atoms with E-state index in [1.54, 1.807) is 0 Å². The van der Waals surface area contributed by atoms with E-state index in [1.165, 1.54) is 22.3 Å². The minimum atomic E-state index is -0.458. The van der Waals surface area contributed by atoms with Crippen molar-refractivity contribution >= 4 is 6.09 Å². The van der Waals surface area contributed by atoms with Crippen LogP contribution in [0.15, 0.2) is 12.1 Å². The molecule has 1 aromatic carbocycles. The van der Waals surface area contributed by atoms with Gasteiger partial charge in [-0.2, -0.15) is 0 Å². The van der Waals surface area contributed by atoms with E-state index in [0.717, 1.165) is 6.42 Å². The lowest BCUT2D eigenvalue weighted by atomic mass is 9.86. The van der Waals surface area contributed by atoms with E-state index >= 15 is 0 Å². The van der Waals surface area contributed by atoms with Crippen LogP contribution in [0.3, 0.4) is 0 Å².